The van der Waals surface area contributed by atoms with Gasteiger partial charge in [-0.2, -0.15) is 0 Å². The number of allylic oxidation sites excluding steroid dienone is 3. The van der Waals surface area contributed by atoms with Crippen molar-refractivity contribution in [2.45, 2.75) is 31.7 Å². The van der Waals surface area contributed by atoms with Gasteiger partial charge in [-0.1, -0.05) is 23.8 Å². The predicted molar refractivity (Wildman–Crippen MR) is 71.5 cm³/mol. The minimum atomic E-state index is -0.212. The lowest BCUT2D eigenvalue weighted by Gasteiger charge is -2.34. The number of nitrogens with zero attached hydrogens (tertiary/aromatic N) is 1. The Labute approximate surface area is 103 Å². The summed E-state index contributed by atoms with van der Waals surface area (Å²) in [7, 11) is 4.06. The van der Waals surface area contributed by atoms with E-state index in [1.54, 1.807) is 6.92 Å². The molecule has 0 aromatic carbocycles. The molecular weight excluding hydrogens is 220 g/mol. The fraction of sp³-hybridized carbons (Fsp3) is 0.615. The minimum Gasteiger partial charge on any atom is -0.308 e. The molecule has 0 bridgehead atoms. The van der Waals surface area contributed by atoms with Gasteiger partial charge < -0.3 is 10.3 Å². The molecule has 0 aromatic rings. The van der Waals surface area contributed by atoms with Crippen molar-refractivity contribution in [2.75, 3.05) is 14.1 Å². The molecule has 0 spiro atoms. The summed E-state index contributed by atoms with van der Waals surface area (Å²) in [5.41, 5.74) is 1.85. The Hall–Kier alpha value is -0.600. The monoisotopic (exact) mass is 240 g/mol. The lowest BCUT2D eigenvalue weighted by atomic mass is 9.87. The molecule has 0 amide bonds. The zero-order valence-corrected chi connectivity index (χ0v) is 11.3. The van der Waals surface area contributed by atoms with Crippen LogP contribution < -0.4 is 0 Å². The fourth-order valence-corrected chi connectivity index (χ4v) is 2.53. The first kappa shape index (κ1) is 13.5. The van der Waals surface area contributed by atoms with Gasteiger partial charge >= 0.3 is 0 Å². The molecule has 3 atom stereocenters. The fourth-order valence-electron chi connectivity index (χ4n) is 2.12. The van der Waals surface area contributed by atoms with Crippen molar-refractivity contribution in [1.82, 2.24) is 4.90 Å². The highest BCUT2D eigenvalue weighted by Crippen LogP contribution is 2.26. The Morgan fingerprint density at radius 2 is 2.19 bits per heavy atom. The quantitative estimate of drug-likeness (QED) is 0.594. The first-order valence-corrected chi connectivity index (χ1v) is 6.07. The second-order valence-corrected chi connectivity index (χ2v) is 5.22. The largest absolute Gasteiger partial charge is 0.308 e. The van der Waals surface area contributed by atoms with E-state index in [4.69, 9.17) is 17.0 Å². The molecule has 1 rings (SSSR count). The van der Waals surface area contributed by atoms with E-state index >= 15 is 0 Å². The number of rotatable bonds is 4. The summed E-state index contributed by atoms with van der Waals surface area (Å²) >= 11 is 6.33. The van der Waals surface area contributed by atoms with E-state index in [1.807, 2.05) is 14.1 Å². The summed E-state index contributed by atoms with van der Waals surface area (Å²) in [5, 5.41) is 7.47. The van der Waals surface area contributed by atoms with Crippen molar-refractivity contribution < 1.29 is 0 Å². The van der Waals surface area contributed by atoms with Gasteiger partial charge in [-0.15, -0.1) is 11.6 Å². The van der Waals surface area contributed by atoms with E-state index in [-0.39, 0.29) is 11.4 Å². The van der Waals surface area contributed by atoms with Gasteiger partial charge in [-0.05, 0) is 40.3 Å². The average molecular weight is 241 g/mol. The van der Waals surface area contributed by atoms with Gasteiger partial charge in [0.1, 0.15) is 0 Å². The van der Waals surface area contributed by atoms with Crippen molar-refractivity contribution in [3.05, 3.63) is 23.8 Å². The summed E-state index contributed by atoms with van der Waals surface area (Å²) < 4.78 is 0. The number of halogens is 1. The molecule has 0 fully saturated rings. The molecule has 0 heterocycles. The van der Waals surface area contributed by atoms with Gasteiger partial charge in [0.05, 0.1) is 5.38 Å². The second-order valence-electron chi connectivity index (χ2n) is 4.75. The highest BCUT2D eigenvalue weighted by molar-refractivity contribution is 6.31. The SMILES string of the molecule is CC(=N)C(Cl)C(C1C=CC(C)=CC1)N(C)C. The summed E-state index contributed by atoms with van der Waals surface area (Å²) in [6.45, 7) is 3.89. The Kier molecular flexibility index (Phi) is 4.75. The average Bonchev–Trinajstić information content (AvgIpc) is 2.20. The first-order valence-electron chi connectivity index (χ1n) is 5.64. The molecule has 0 aliphatic heterocycles. The molecule has 0 saturated carbocycles. The van der Waals surface area contributed by atoms with Gasteiger partial charge in [0.15, 0.2) is 0 Å². The van der Waals surface area contributed by atoms with E-state index in [0.717, 1.165) is 6.42 Å². The molecule has 3 unspecified atom stereocenters. The van der Waals surface area contributed by atoms with E-state index in [2.05, 4.69) is 30.1 Å². The molecule has 0 radical (unpaired) electrons. The lowest BCUT2D eigenvalue weighted by molar-refractivity contribution is 0.246. The number of alkyl halides is 1. The third kappa shape index (κ3) is 3.19. The third-order valence-corrected chi connectivity index (χ3v) is 3.65. The number of hydrogen-bond donors (Lipinski definition) is 1. The normalized spacial score (nSPS) is 24.1. The summed E-state index contributed by atoms with van der Waals surface area (Å²) in [6, 6.07) is 0.194. The topological polar surface area (TPSA) is 27.1 Å². The summed E-state index contributed by atoms with van der Waals surface area (Å²) in [5.74, 6) is 0.404. The van der Waals surface area contributed by atoms with Crippen LogP contribution in [0.5, 0.6) is 0 Å². The first-order chi connectivity index (χ1) is 7.43. The molecule has 90 valence electrons. The van der Waals surface area contributed by atoms with Gasteiger partial charge in [0.2, 0.25) is 0 Å². The maximum Gasteiger partial charge on any atom is 0.0868 e. The smallest absolute Gasteiger partial charge is 0.0868 e. The van der Waals surface area contributed by atoms with Crippen LogP contribution in [0.3, 0.4) is 0 Å². The third-order valence-electron chi connectivity index (χ3n) is 3.07. The van der Waals surface area contributed by atoms with Gasteiger partial charge in [-0.3, -0.25) is 0 Å². The second kappa shape index (κ2) is 5.65. The van der Waals surface area contributed by atoms with Crippen molar-refractivity contribution in [3.8, 4) is 0 Å². The predicted octanol–water partition coefficient (Wildman–Crippen LogP) is 3.09. The molecule has 3 heteroatoms. The van der Waals surface area contributed by atoms with Crippen molar-refractivity contribution in [2.24, 2.45) is 5.92 Å². The van der Waals surface area contributed by atoms with E-state index in [0.29, 0.717) is 11.6 Å². The Morgan fingerprint density at radius 1 is 1.56 bits per heavy atom. The summed E-state index contributed by atoms with van der Waals surface area (Å²) in [6.07, 6.45) is 7.62. The van der Waals surface area contributed by atoms with Crippen LogP contribution in [0, 0.1) is 11.3 Å². The zero-order chi connectivity index (χ0) is 12.3. The highest BCUT2D eigenvalue weighted by atomic mass is 35.5. The van der Waals surface area contributed by atoms with E-state index in [1.165, 1.54) is 5.57 Å². The van der Waals surface area contributed by atoms with Crippen molar-refractivity contribution >= 4 is 17.3 Å². The van der Waals surface area contributed by atoms with Crippen LogP contribution in [0.15, 0.2) is 23.8 Å². The van der Waals surface area contributed by atoms with Gasteiger partial charge in [-0.25, -0.2) is 0 Å². The van der Waals surface area contributed by atoms with Crippen LogP contribution in [-0.2, 0) is 0 Å². The van der Waals surface area contributed by atoms with Crippen LogP contribution in [0.25, 0.3) is 0 Å². The Morgan fingerprint density at radius 3 is 2.56 bits per heavy atom. The number of nitrogens with one attached hydrogen (secondary N) is 1. The minimum absolute atomic E-state index is 0.194. The maximum atomic E-state index is 7.68. The number of hydrogen-bond acceptors (Lipinski definition) is 2. The zero-order valence-electron chi connectivity index (χ0n) is 10.5. The van der Waals surface area contributed by atoms with Crippen LogP contribution in [-0.4, -0.2) is 36.1 Å². The molecule has 2 nitrogen and oxygen atoms in total. The van der Waals surface area contributed by atoms with E-state index < -0.39 is 0 Å². The van der Waals surface area contributed by atoms with Gasteiger partial charge in [0, 0.05) is 11.8 Å². The van der Waals surface area contributed by atoms with E-state index in [9.17, 15) is 0 Å². The van der Waals surface area contributed by atoms with Crippen LogP contribution in [0.2, 0.25) is 0 Å². The molecule has 0 saturated heterocycles. The molecular formula is C13H21ClN2. The van der Waals surface area contributed by atoms with Crippen LogP contribution >= 0.6 is 11.6 Å². The highest BCUT2D eigenvalue weighted by Gasteiger charge is 2.30. The molecule has 0 aromatic heterocycles. The van der Waals surface area contributed by atoms with Crippen LogP contribution in [0.1, 0.15) is 20.3 Å². The molecule has 1 aliphatic rings. The standard InChI is InChI=1S/C13H21ClN2/c1-9-5-7-11(8-6-9)13(16(3)4)12(14)10(2)15/h5-7,11-13,15H,8H2,1-4H3. The van der Waals surface area contributed by atoms with Crippen LogP contribution in [0.4, 0.5) is 0 Å². The summed E-state index contributed by atoms with van der Waals surface area (Å²) in [4.78, 5) is 2.12. The lowest BCUT2D eigenvalue weighted by Crippen LogP contribution is -2.44. The van der Waals surface area contributed by atoms with Crippen molar-refractivity contribution in [3.63, 3.8) is 0 Å². The molecule has 1 aliphatic carbocycles. The Bertz CT molecular complexity index is 318. The molecule has 16 heavy (non-hydrogen) atoms. The molecule has 1 N–H and O–H groups in total. The van der Waals surface area contributed by atoms with Gasteiger partial charge in [0.25, 0.3) is 0 Å². The Balaban J connectivity index is 2.80. The van der Waals surface area contributed by atoms with Crippen molar-refractivity contribution in [1.29, 1.82) is 5.41 Å². The maximum absolute atomic E-state index is 7.68.